The summed E-state index contributed by atoms with van der Waals surface area (Å²) in [6.45, 7) is 2.03. The SMILES string of the molecule is Cc1cccn2c(Nc3ccco3)c(-c3ccc(C#Cc4ccccc4)o3)nc12. The first-order valence-electron chi connectivity index (χ1n) is 9.23. The van der Waals surface area contributed by atoms with Crippen molar-refractivity contribution in [1.82, 2.24) is 9.38 Å². The molecule has 0 aliphatic carbocycles. The van der Waals surface area contributed by atoms with Crippen molar-refractivity contribution in [3.63, 3.8) is 0 Å². The summed E-state index contributed by atoms with van der Waals surface area (Å²) in [7, 11) is 0. The number of aromatic nitrogens is 2. The Morgan fingerprint density at radius 2 is 1.83 bits per heavy atom. The Hall–Kier alpha value is -4.17. The van der Waals surface area contributed by atoms with Crippen molar-refractivity contribution in [1.29, 1.82) is 0 Å². The molecule has 0 aliphatic rings. The zero-order valence-corrected chi connectivity index (χ0v) is 15.7. The molecule has 0 aliphatic heterocycles. The van der Waals surface area contributed by atoms with Crippen LogP contribution in [0.15, 0.2) is 88.0 Å². The number of anilines is 2. The Kier molecular flexibility index (Phi) is 4.15. The van der Waals surface area contributed by atoms with Crippen LogP contribution in [0.5, 0.6) is 0 Å². The van der Waals surface area contributed by atoms with Gasteiger partial charge in [0.05, 0.1) is 6.26 Å². The Morgan fingerprint density at radius 3 is 2.66 bits per heavy atom. The molecule has 0 unspecified atom stereocenters. The molecule has 0 spiro atoms. The second-order valence-electron chi connectivity index (χ2n) is 6.58. The van der Waals surface area contributed by atoms with Gasteiger partial charge in [0, 0.05) is 17.8 Å². The molecule has 1 aromatic carbocycles. The van der Waals surface area contributed by atoms with Gasteiger partial charge in [0.25, 0.3) is 0 Å². The number of pyridine rings is 1. The third kappa shape index (κ3) is 3.28. The van der Waals surface area contributed by atoms with Gasteiger partial charge in [-0.25, -0.2) is 4.98 Å². The minimum Gasteiger partial charge on any atom is -0.449 e. The van der Waals surface area contributed by atoms with Gasteiger partial charge >= 0.3 is 0 Å². The normalized spacial score (nSPS) is 10.7. The third-order valence-corrected chi connectivity index (χ3v) is 4.55. The summed E-state index contributed by atoms with van der Waals surface area (Å²) in [4.78, 5) is 4.81. The van der Waals surface area contributed by atoms with Gasteiger partial charge in [-0.3, -0.25) is 4.40 Å². The highest BCUT2D eigenvalue weighted by atomic mass is 16.3. The van der Waals surface area contributed by atoms with E-state index in [9.17, 15) is 0 Å². The number of furan rings is 2. The molecule has 5 rings (SSSR count). The standard InChI is InChI=1S/C24H17N3O2/c1-17-7-5-15-27-23(17)26-22(24(27)25-21-10-6-16-28-21)20-14-13-19(29-20)12-11-18-8-3-2-4-9-18/h2-10,13-16,25H,1H3. The summed E-state index contributed by atoms with van der Waals surface area (Å²) in [5.74, 6) is 8.81. The van der Waals surface area contributed by atoms with E-state index < -0.39 is 0 Å². The average Bonchev–Trinajstić information content (AvgIpc) is 3.49. The van der Waals surface area contributed by atoms with Crippen LogP contribution in [0.2, 0.25) is 0 Å². The number of benzene rings is 1. The topological polar surface area (TPSA) is 55.6 Å². The van der Waals surface area contributed by atoms with E-state index >= 15 is 0 Å². The number of imidazole rings is 1. The van der Waals surface area contributed by atoms with Crippen LogP contribution in [0, 0.1) is 18.8 Å². The number of hydrogen-bond acceptors (Lipinski definition) is 4. The molecule has 0 fully saturated rings. The quantitative estimate of drug-likeness (QED) is 0.412. The van der Waals surface area contributed by atoms with Gasteiger partial charge in [-0.2, -0.15) is 0 Å². The van der Waals surface area contributed by atoms with Crippen molar-refractivity contribution < 1.29 is 8.83 Å². The maximum absolute atomic E-state index is 6.00. The maximum atomic E-state index is 6.00. The summed E-state index contributed by atoms with van der Waals surface area (Å²) in [6, 6.07) is 21.3. The zero-order chi connectivity index (χ0) is 19.6. The molecule has 0 saturated carbocycles. The highest BCUT2D eigenvalue weighted by Gasteiger charge is 2.19. The Balaban J connectivity index is 1.57. The van der Waals surface area contributed by atoms with Gasteiger partial charge in [-0.05, 0) is 54.8 Å². The highest BCUT2D eigenvalue weighted by molar-refractivity contribution is 5.77. The van der Waals surface area contributed by atoms with Gasteiger partial charge in [0.2, 0.25) is 0 Å². The molecular weight excluding hydrogens is 362 g/mol. The molecule has 0 radical (unpaired) electrons. The Bertz CT molecular complexity index is 1330. The largest absolute Gasteiger partial charge is 0.449 e. The predicted molar refractivity (Wildman–Crippen MR) is 112 cm³/mol. The van der Waals surface area contributed by atoms with E-state index in [1.165, 1.54) is 0 Å². The van der Waals surface area contributed by atoms with Crippen LogP contribution < -0.4 is 5.32 Å². The van der Waals surface area contributed by atoms with Crippen molar-refractivity contribution in [3.05, 3.63) is 96.1 Å². The van der Waals surface area contributed by atoms with Gasteiger partial charge < -0.3 is 14.2 Å². The lowest BCUT2D eigenvalue weighted by molar-refractivity contribution is 0.567. The van der Waals surface area contributed by atoms with Crippen LogP contribution in [0.3, 0.4) is 0 Å². The van der Waals surface area contributed by atoms with Crippen LogP contribution in [0.25, 0.3) is 17.1 Å². The van der Waals surface area contributed by atoms with E-state index in [0.29, 0.717) is 23.1 Å². The molecule has 29 heavy (non-hydrogen) atoms. The summed E-state index contributed by atoms with van der Waals surface area (Å²) in [6.07, 6.45) is 3.59. The Morgan fingerprint density at radius 1 is 0.931 bits per heavy atom. The summed E-state index contributed by atoms with van der Waals surface area (Å²) in [5.41, 5.74) is 3.55. The fourth-order valence-electron chi connectivity index (χ4n) is 3.15. The molecule has 140 valence electrons. The molecule has 0 atom stereocenters. The highest BCUT2D eigenvalue weighted by Crippen LogP contribution is 2.33. The molecule has 0 saturated heterocycles. The molecule has 0 bridgehead atoms. The summed E-state index contributed by atoms with van der Waals surface area (Å²) < 4.78 is 13.5. The molecule has 4 heterocycles. The van der Waals surface area contributed by atoms with Gasteiger partial charge in [-0.15, -0.1) is 0 Å². The maximum Gasteiger partial charge on any atom is 0.198 e. The van der Waals surface area contributed by atoms with Crippen LogP contribution >= 0.6 is 0 Å². The van der Waals surface area contributed by atoms with E-state index in [-0.39, 0.29) is 0 Å². The monoisotopic (exact) mass is 379 g/mol. The predicted octanol–water partition coefficient (Wildman–Crippen LogP) is 5.64. The van der Waals surface area contributed by atoms with Gasteiger partial charge in [0.1, 0.15) is 17.2 Å². The third-order valence-electron chi connectivity index (χ3n) is 4.55. The molecule has 5 aromatic rings. The fraction of sp³-hybridized carbons (Fsp3) is 0.0417. The number of fused-ring (bicyclic) bond motifs is 1. The number of rotatable bonds is 3. The number of aryl methyl sites for hydroxylation is 1. The van der Waals surface area contributed by atoms with Crippen molar-refractivity contribution in [3.8, 4) is 23.3 Å². The molecule has 5 heteroatoms. The van der Waals surface area contributed by atoms with Gasteiger partial charge in [0.15, 0.2) is 17.4 Å². The van der Waals surface area contributed by atoms with E-state index in [2.05, 4.69) is 17.2 Å². The zero-order valence-electron chi connectivity index (χ0n) is 15.7. The van der Waals surface area contributed by atoms with Crippen LogP contribution in [-0.4, -0.2) is 9.38 Å². The number of nitrogens with one attached hydrogen (secondary N) is 1. The molecule has 4 aromatic heterocycles. The first-order chi connectivity index (χ1) is 14.3. The first kappa shape index (κ1) is 17.0. The van der Waals surface area contributed by atoms with Crippen molar-refractivity contribution in [2.45, 2.75) is 6.92 Å². The lowest BCUT2D eigenvalue weighted by atomic mass is 10.2. The van der Waals surface area contributed by atoms with E-state index in [1.54, 1.807) is 6.26 Å². The minimum absolute atomic E-state index is 0.585. The van der Waals surface area contributed by atoms with E-state index in [0.717, 1.165) is 22.6 Å². The van der Waals surface area contributed by atoms with Crippen LogP contribution in [0.1, 0.15) is 16.9 Å². The molecule has 0 amide bonds. The van der Waals surface area contributed by atoms with Crippen molar-refractivity contribution in [2.24, 2.45) is 0 Å². The van der Waals surface area contributed by atoms with E-state index in [4.69, 9.17) is 13.8 Å². The van der Waals surface area contributed by atoms with Crippen molar-refractivity contribution >= 4 is 17.3 Å². The van der Waals surface area contributed by atoms with E-state index in [1.807, 2.05) is 84.3 Å². The lowest BCUT2D eigenvalue weighted by Crippen LogP contribution is -1.96. The fourth-order valence-corrected chi connectivity index (χ4v) is 3.15. The smallest absolute Gasteiger partial charge is 0.198 e. The number of nitrogens with zero attached hydrogens (tertiary/aromatic N) is 2. The second-order valence-corrected chi connectivity index (χ2v) is 6.58. The minimum atomic E-state index is 0.585. The summed E-state index contributed by atoms with van der Waals surface area (Å²) >= 11 is 0. The van der Waals surface area contributed by atoms with Crippen LogP contribution in [-0.2, 0) is 0 Å². The molecule has 1 N–H and O–H groups in total. The molecular formula is C24H17N3O2. The lowest BCUT2D eigenvalue weighted by Gasteiger charge is -2.05. The van der Waals surface area contributed by atoms with Crippen LogP contribution in [0.4, 0.5) is 11.7 Å². The second kappa shape index (κ2) is 7.10. The number of hydrogen-bond donors (Lipinski definition) is 1. The Labute approximate surface area is 167 Å². The summed E-state index contributed by atoms with van der Waals surface area (Å²) in [5, 5.41) is 3.31. The average molecular weight is 379 g/mol. The molecule has 5 nitrogen and oxygen atoms in total. The van der Waals surface area contributed by atoms with Gasteiger partial charge in [-0.1, -0.05) is 30.2 Å². The van der Waals surface area contributed by atoms with Crippen molar-refractivity contribution in [2.75, 3.05) is 5.32 Å². The first-order valence-corrected chi connectivity index (χ1v) is 9.23.